The lowest BCUT2D eigenvalue weighted by molar-refractivity contribution is -0.145. The number of rotatable bonds is 5. The fourth-order valence-electron chi connectivity index (χ4n) is 4.16. The van der Waals surface area contributed by atoms with Crippen LogP contribution in [-0.4, -0.2) is 47.3 Å². The maximum Gasteiger partial charge on any atom is 0.246 e. The van der Waals surface area contributed by atoms with Crippen molar-refractivity contribution >= 4 is 17.7 Å². The third-order valence-electron chi connectivity index (χ3n) is 5.90. The Bertz CT molecular complexity index is 701. The number of amides is 3. The monoisotopic (exact) mass is 374 g/mol. The maximum atomic E-state index is 13.3. The summed E-state index contributed by atoms with van der Waals surface area (Å²) in [4.78, 5) is 39.6. The third-order valence-corrected chi connectivity index (χ3v) is 5.90. The van der Waals surface area contributed by atoms with Crippen molar-refractivity contribution in [2.75, 3.05) is 6.54 Å². The van der Waals surface area contributed by atoms with Crippen molar-refractivity contribution in [3.8, 4) is 6.07 Å². The van der Waals surface area contributed by atoms with Crippen LogP contribution < -0.4 is 10.6 Å². The summed E-state index contributed by atoms with van der Waals surface area (Å²) in [5.41, 5.74) is -0.546. The van der Waals surface area contributed by atoms with Crippen LogP contribution in [0.2, 0.25) is 0 Å². The molecule has 0 spiro atoms. The Morgan fingerprint density at radius 2 is 1.89 bits per heavy atom. The molecule has 0 radical (unpaired) electrons. The highest BCUT2D eigenvalue weighted by molar-refractivity contribution is 5.96. The lowest BCUT2D eigenvalue weighted by Crippen LogP contribution is -2.59. The Labute approximate surface area is 161 Å². The quantitative estimate of drug-likeness (QED) is 0.706. The minimum atomic E-state index is -0.771. The Hall–Kier alpha value is -2.36. The number of nitriles is 1. The normalized spacial score (nSPS) is 27.6. The second-order valence-corrected chi connectivity index (χ2v) is 9.26. The molecule has 0 aromatic carbocycles. The molecule has 1 heterocycles. The van der Waals surface area contributed by atoms with E-state index in [0.29, 0.717) is 6.54 Å². The van der Waals surface area contributed by atoms with Gasteiger partial charge in [-0.1, -0.05) is 41.2 Å². The van der Waals surface area contributed by atoms with Crippen LogP contribution in [0, 0.1) is 34.0 Å². The fraction of sp³-hybridized carbons (Fsp3) is 0.700. The van der Waals surface area contributed by atoms with E-state index in [9.17, 15) is 14.4 Å². The van der Waals surface area contributed by atoms with E-state index in [1.165, 1.54) is 0 Å². The lowest BCUT2D eigenvalue weighted by Gasteiger charge is -2.37. The van der Waals surface area contributed by atoms with E-state index in [1.807, 2.05) is 26.8 Å². The minimum absolute atomic E-state index is 0.0176. The summed E-state index contributed by atoms with van der Waals surface area (Å²) in [5.74, 6) is -0.705. The number of fused-ring (bicyclic) bond motifs is 1. The van der Waals surface area contributed by atoms with Crippen molar-refractivity contribution < 1.29 is 14.4 Å². The first-order valence-electron chi connectivity index (χ1n) is 9.29. The van der Waals surface area contributed by atoms with Crippen molar-refractivity contribution in [3.05, 3.63) is 12.7 Å². The molecule has 0 aromatic rings. The van der Waals surface area contributed by atoms with Gasteiger partial charge in [-0.15, -0.1) is 0 Å². The van der Waals surface area contributed by atoms with Gasteiger partial charge < -0.3 is 15.5 Å². The van der Waals surface area contributed by atoms with E-state index in [4.69, 9.17) is 5.26 Å². The molecule has 7 heteroatoms. The number of carbonyl (C=O) groups excluding carboxylic acids is 3. The molecule has 1 saturated carbocycles. The summed E-state index contributed by atoms with van der Waals surface area (Å²) in [6.45, 7) is 15.3. The molecule has 1 saturated heterocycles. The topological polar surface area (TPSA) is 102 Å². The van der Waals surface area contributed by atoms with Crippen LogP contribution in [0.3, 0.4) is 0 Å². The number of piperidine rings is 1. The van der Waals surface area contributed by atoms with E-state index < -0.39 is 29.4 Å². The predicted octanol–water partition coefficient (Wildman–Crippen LogP) is 1.21. The van der Waals surface area contributed by atoms with Crippen LogP contribution in [0.4, 0.5) is 0 Å². The molecule has 2 fully saturated rings. The summed E-state index contributed by atoms with van der Waals surface area (Å²) in [6, 6.07) is -0.0377. The molecular weight excluding hydrogens is 344 g/mol. The van der Waals surface area contributed by atoms with Gasteiger partial charge in [0.05, 0.1) is 6.07 Å². The molecular formula is C20H30N4O3. The van der Waals surface area contributed by atoms with E-state index in [0.717, 1.165) is 6.08 Å². The Kier molecular flexibility index (Phi) is 5.42. The largest absolute Gasteiger partial charge is 0.340 e. The number of nitrogens with one attached hydrogen (secondary N) is 2. The molecule has 2 rings (SSSR count). The molecule has 2 aliphatic rings. The number of carbonyl (C=O) groups is 3. The van der Waals surface area contributed by atoms with E-state index in [-0.39, 0.29) is 29.1 Å². The second kappa shape index (κ2) is 6.99. The van der Waals surface area contributed by atoms with Gasteiger partial charge in [0, 0.05) is 6.54 Å². The van der Waals surface area contributed by atoms with Crippen LogP contribution in [0.15, 0.2) is 12.7 Å². The summed E-state index contributed by atoms with van der Waals surface area (Å²) >= 11 is 0. The summed E-state index contributed by atoms with van der Waals surface area (Å²) in [5, 5.41) is 14.4. The van der Waals surface area contributed by atoms with Crippen molar-refractivity contribution in [1.82, 2.24) is 15.5 Å². The number of likely N-dealkylation sites (tertiary alicyclic amines) is 1. The zero-order chi connectivity index (χ0) is 20.7. The van der Waals surface area contributed by atoms with Crippen LogP contribution in [0.25, 0.3) is 0 Å². The minimum Gasteiger partial charge on any atom is -0.340 e. The molecule has 148 valence electrons. The van der Waals surface area contributed by atoms with E-state index in [1.54, 1.807) is 11.8 Å². The first-order chi connectivity index (χ1) is 12.4. The molecule has 1 aliphatic carbocycles. The fourth-order valence-corrected chi connectivity index (χ4v) is 4.16. The smallest absolute Gasteiger partial charge is 0.246 e. The molecule has 3 amide bonds. The van der Waals surface area contributed by atoms with Crippen molar-refractivity contribution in [2.24, 2.45) is 22.7 Å². The average Bonchev–Trinajstić information content (AvgIpc) is 2.94. The molecule has 0 aromatic heterocycles. The zero-order valence-corrected chi connectivity index (χ0v) is 17.0. The third kappa shape index (κ3) is 3.85. The maximum absolute atomic E-state index is 13.3. The van der Waals surface area contributed by atoms with Crippen molar-refractivity contribution in [1.29, 1.82) is 5.26 Å². The Balaban J connectivity index is 2.29. The van der Waals surface area contributed by atoms with Gasteiger partial charge in [0.25, 0.3) is 0 Å². The standard InChI is InChI=1S/C20H30N4O3/c1-8-13(25)23-16(19(3,4)5)18(27)24-10-12-14(20(12,6)7)15(24)17(26)22-11(2)9-21/h8,11-12,14-16H,1,10H2,2-7H3,(H,22,26)(H,23,25)/t11-,12-,14-,15-,16+/m0/s1. The average molecular weight is 374 g/mol. The summed E-state index contributed by atoms with van der Waals surface area (Å²) in [7, 11) is 0. The SMILES string of the molecule is C=CC(=O)N[C@H](C(=O)N1C[C@H]2[C@@H]([C@H]1C(=O)N[C@@H](C)C#N)C2(C)C)C(C)(C)C. The highest BCUT2D eigenvalue weighted by Crippen LogP contribution is 2.65. The lowest BCUT2D eigenvalue weighted by atomic mass is 9.85. The van der Waals surface area contributed by atoms with Crippen LogP contribution in [0.5, 0.6) is 0 Å². The van der Waals surface area contributed by atoms with Gasteiger partial charge in [-0.25, -0.2) is 0 Å². The zero-order valence-electron chi connectivity index (χ0n) is 17.0. The Morgan fingerprint density at radius 3 is 2.37 bits per heavy atom. The van der Waals surface area contributed by atoms with Crippen LogP contribution >= 0.6 is 0 Å². The number of hydrogen-bond donors (Lipinski definition) is 2. The highest BCUT2D eigenvalue weighted by Gasteiger charge is 2.69. The van der Waals surface area contributed by atoms with E-state index >= 15 is 0 Å². The molecule has 2 N–H and O–H groups in total. The molecule has 5 atom stereocenters. The van der Waals surface area contributed by atoms with Gasteiger partial charge in [-0.2, -0.15) is 5.26 Å². The van der Waals surface area contributed by atoms with Gasteiger partial charge in [-0.05, 0) is 35.7 Å². The highest BCUT2D eigenvalue weighted by atomic mass is 16.2. The first-order valence-corrected chi connectivity index (χ1v) is 9.29. The number of nitrogens with zero attached hydrogens (tertiary/aromatic N) is 2. The molecule has 1 aliphatic heterocycles. The van der Waals surface area contributed by atoms with Gasteiger partial charge in [-0.3, -0.25) is 14.4 Å². The predicted molar refractivity (Wildman–Crippen MR) is 101 cm³/mol. The van der Waals surface area contributed by atoms with Gasteiger partial charge >= 0.3 is 0 Å². The van der Waals surface area contributed by atoms with E-state index in [2.05, 4.69) is 31.1 Å². The van der Waals surface area contributed by atoms with Gasteiger partial charge in [0.1, 0.15) is 18.1 Å². The van der Waals surface area contributed by atoms with Crippen molar-refractivity contribution in [3.63, 3.8) is 0 Å². The van der Waals surface area contributed by atoms with Gasteiger partial charge in [0.15, 0.2) is 0 Å². The summed E-state index contributed by atoms with van der Waals surface area (Å²) < 4.78 is 0. The molecule has 0 bridgehead atoms. The second-order valence-electron chi connectivity index (χ2n) is 9.26. The van der Waals surface area contributed by atoms with Crippen molar-refractivity contribution in [2.45, 2.75) is 59.7 Å². The molecule has 27 heavy (non-hydrogen) atoms. The first kappa shape index (κ1) is 20.9. The Morgan fingerprint density at radius 1 is 1.30 bits per heavy atom. The van der Waals surface area contributed by atoms with Gasteiger partial charge in [0.2, 0.25) is 17.7 Å². The van der Waals surface area contributed by atoms with Crippen LogP contribution in [-0.2, 0) is 14.4 Å². The molecule has 7 nitrogen and oxygen atoms in total. The number of hydrogen-bond acceptors (Lipinski definition) is 4. The van der Waals surface area contributed by atoms with Crippen LogP contribution in [0.1, 0.15) is 41.5 Å². The summed E-state index contributed by atoms with van der Waals surface area (Å²) in [6.07, 6.45) is 1.13. The molecule has 0 unspecified atom stereocenters.